The molecular weight excluding hydrogens is 240 g/mol. The summed E-state index contributed by atoms with van der Waals surface area (Å²) in [5.74, 6) is 0.495. The molecule has 2 aromatic rings. The van der Waals surface area contributed by atoms with Gasteiger partial charge < -0.3 is 0 Å². The summed E-state index contributed by atoms with van der Waals surface area (Å²) in [6.07, 6.45) is 4.75. The lowest BCUT2D eigenvalue weighted by atomic mass is 10.0. The van der Waals surface area contributed by atoms with E-state index in [9.17, 15) is 4.79 Å². The third-order valence-electron chi connectivity index (χ3n) is 2.72. The average Bonchev–Trinajstić information content (AvgIpc) is 2.91. The fraction of sp³-hybridized carbons (Fsp3) is 0.188. The van der Waals surface area contributed by atoms with Crippen LogP contribution in [0.2, 0.25) is 0 Å². The van der Waals surface area contributed by atoms with Crippen molar-refractivity contribution in [3.63, 3.8) is 0 Å². The van der Waals surface area contributed by atoms with E-state index in [1.807, 2.05) is 35.7 Å². The van der Waals surface area contributed by atoms with Crippen molar-refractivity contribution < 1.29 is 4.79 Å². The first-order valence-electron chi connectivity index (χ1n) is 6.05. The summed E-state index contributed by atoms with van der Waals surface area (Å²) in [5.41, 5.74) is 1.17. The molecule has 2 heteroatoms. The van der Waals surface area contributed by atoms with Crippen LogP contribution in [-0.4, -0.2) is 5.78 Å². The van der Waals surface area contributed by atoms with Crippen molar-refractivity contribution in [2.24, 2.45) is 5.92 Å². The molecule has 92 valence electrons. The van der Waals surface area contributed by atoms with Crippen molar-refractivity contribution in [3.05, 3.63) is 64.4 Å². The van der Waals surface area contributed by atoms with Crippen LogP contribution in [-0.2, 0) is 0 Å². The third kappa shape index (κ3) is 3.67. The molecule has 0 spiro atoms. The van der Waals surface area contributed by atoms with Gasteiger partial charge in [0.15, 0.2) is 5.78 Å². The van der Waals surface area contributed by atoms with Gasteiger partial charge in [0.2, 0.25) is 0 Å². The fourth-order valence-electron chi connectivity index (χ4n) is 1.74. The molecule has 0 N–H and O–H groups in total. The van der Waals surface area contributed by atoms with Crippen molar-refractivity contribution in [1.29, 1.82) is 0 Å². The van der Waals surface area contributed by atoms with Crippen molar-refractivity contribution in [3.8, 4) is 0 Å². The average molecular weight is 256 g/mol. The van der Waals surface area contributed by atoms with Crippen LogP contribution in [0.25, 0.3) is 6.08 Å². The van der Waals surface area contributed by atoms with E-state index in [4.69, 9.17) is 0 Å². The van der Waals surface area contributed by atoms with Gasteiger partial charge in [-0.05, 0) is 22.9 Å². The lowest BCUT2D eigenvalue weighted by Crippen LogP contribution is -2.02. The number of ketones is 1. The van der Waals surface area contributed by atoms with E-state index in [1.54, 1.807) is 0 Å². The first-order chi connectivity index (χ1) is 8.75. The molecule has 1 heterocycles. The molecule has 1 unspecified atom stereocenters. The predicted molar refractivity (Wildman–Crippen MR) is 77.9 cm³/mol. The molecule has 18 heavy (non-hydrogen) atoms. The molecule has 1 atom stereocenters. The van der Waals surface area contributed by atoms with Gasteiger partial charge in [-0.3, -0.25) is 4.79 Å². The SMILES string of the molecule is CC(/C=C/c1ccccc1)CC(=O)c1cccs1. The monoisotopic (exact) mass is 256 g/mol. The summed E-state index contributed by atoms with van der Waals surface area (Å²) in [6, 6.07) is 14.0. The van der Waals surface area contributed by atoms with E-state index < -0.39 is 0 Å². The van der Waals surface area contributed by atoms with Gasteiger partial charge in [0.25, 0.3) is 0 Å². The zero-order chi connectivity index (χ0) is 12.8. The number of allylic oxidation sites excluding steroid dienone is 1. The van der Waals surface area contributed by atoms with E-state index >= 15 is 0 Å². The van der Waals surface area contributed by atoms with E-state index in [-0.39, 0.29) is 11.7 Å². The summed E-state index contributed by atoms with van der Waals surface area (Å²) >= 11 is 1.51. The Balaban J connectivity index is 1.91. The molecule has 1 aromatic carbocycles. The maximum absolute atomic E-state index is 11.9. The molecule has 0 aliphatic heterocycles. The van der Waals surface area contributed by atoms with Gasteiger partial charge >= 0.3 is 0 Å². The number of thiophene rings is 1. The van der Waals surface area contributed by atoms with E-state index in [2.05, 4.69) is 31.2 Å². The summed E-state index contributed by atoms with van der Waals surface area (Å²) in [4.78, 5) is 12.8. The van der Waals surface area contributed by atoms with Crippen molar-refractivity contribution in [2.45, 2.75) is 13.3 Å². The number of Topliss-reactive ketones (excluding diaryl/α,β-unsaturated/α-hetero) is 1. The molecule has 1 aromatic heterocycles. The minimum Gasteiger partial charge on any atom is -0.293 e. The maximum Gasteiger partial charge on any atom is 0.173 e. The fourth-order valence-corrected chi connectivity index (χ4v) is 2.41. The maximum atomic E-state index is 11.9. The summed E-state index contributed by atoms with van der Waals surface area (Å²) in [5, 5.41) is 1.94. The minimum absolute atomic E-state index is 0.232. The summed E-state index contributed by atoms with van der Waals surface area (Å²) < 4.78 is 0. The molecule has 0 radical (unpaired) electrons. The first kappa shape index (κ1) is 12.8. The number of benzene rings is 1. The zero-order valence-corrected chi connectivity index (χ0v) is 11.2. The molecule has 0 aliphatic carbocycles. The van der Waals surface area contributed by atoms with Gasteiger partial charge in [0, 0.05) is 6.42 Å². The Morgan fingerprint density at radius 1 is 1.22 bits per heavy atom. The first-order valence-corrected chi connectivity index (χ1v) is 6.93. The van der Waals surface area contributed by atoms with E-state index in [0.29, 0.717) is 6.42 Å². The lowest BCUT2D eigenvalue weighted by Gasteiger charge is -2.03. The topological polar surface area (TPSA) is 17.1 Å². The van der Waals surface area contributed by atoms with Gasteiger partial charge in [0.05, 0.1) is 4.88 Å². The number of rotatable bonds is 5. The Labute approximate surface area is 112 Å². The number of hydrogen-bond acceptors (Lipinski definition) is 2. The smallest absolute Gasteiger partial charge is 0.173 e. The molecule has 0 saturated heterocycles. The lowest BCUT2D eigenvalue weighted by molar-refractivity contribution is 0.0976. The molecule has 0 bridgehead atoms. The molecule has 0 amide bonds. The quantitative estimate of drug-likeness (QED) is 0.710. The van der Waals surface area contributed by atoms with Crippen LogP contribution in [0.15, 0.2) is 53.9 Å². The van der Waals surface area contributed by atoms with Crippen LogP contribution >= 0.6 is 11.3 Å². The second-order valence-electron chi connectivity index (χ2n) is 4.35. The van der Waals surface area contributed by atoms with Crippen LogP contribution in [0.4, 0.5) is 0 Å². The van der Waals surface area contributed by atoms with Crippen LogP contribution in [0.3, 0.4) is 0 Å². The second kappa shape index (κ2) is 6.31. The highest BCUT2D eigenvalue weighted by atomic mass is 32.1. The van der Waals surface area contributed by atoms with Crippen LogP contribution < -0.4 is 0 Å². The number of carbonyl (C=O) groups excluding carboxylic acids is 1. The van der Waals surface area contributed by atoms with E-state index in [0.717, 1.165) is 4.88 Å². The van der Waals surface area contributed by atoms with Gasteiger partial charge in [-0.1, -0.05) is 55.5 Å². The van der Waals surface area contributed by atoms with Crippen molar-refractivity contribution in [1.82, 2.24) is 0 Å². The summed E-state index contributed by atoms with van der Waals surface area (Å²) in [7, 11) is 0. The predicted octanol–water partition coefficient (Wildman–Crippen LogP) is 4.67. The molecule has 0 aliphatic rings. The standard InChI is InChI=1S/C16H16OS/c1-13(9-10-14-6-3-2-4-7-14)12-15(17)16-8-5-11-18-16/h2-11,13H,12H2,1H3/b10-9+. The Morgan fingerprint density at radius 2 is 2.00 bits per heavy atom. The second-order valence-corrected chi connectivity index (χ2v) is 5.30. The van der Waals surface area contributed by atoms with Gasteiger partial charge in [-0.15, -0.1) is 11.3 Å². The van der Waals surface area contributed by atoms with Crippen molar-refractivity contribution >= 4 is 23.2 Å². The molecule has 2 rings (SSSR count). The highest BCUT2D eigenvalue weighted by molar-refractivity contribution is 7.12. The van der Waals surface area contributed by atoms with Crippen LogP contribution in [0, 0.1) is 5.92 Å². The van der Waals surface area contributed by atoms with E-state index in [1.165, 1.54) is 16.9 Å². The molecule has 0 saturated carbocycles. The Morgan fingerprint density at radius 3 is 2.67 bits per heavy atom. The minimum atomic E-state index is 0.232. The normalized spacial score (nSPS) is 12.7. The van der Waals surface area contributed by atoms with Crippen LogP contribution in [0.5, 0.6) is 0 Å². The Bertz CT molecular complexity index is 511. The molecule has 0 fully saturated rings. The highest BCUT2D eigenvalue weighted by Gasteiger charge is 2.09. The van der Waals surface area contributed by atoms with Gasteiger partial charge in [-0.25, -0.2) is 0 Å². The van der Waals surface area contributed by atoms with Crippen LogP contribution in [0.1, 0.15) is 28.6 Å². The van der Waals surface area contributed by atoms with Gasteiger partial charge in [0.1, 0.15) is 0 Å². The van der Waals surface area contributed by atoms with Gasteiger partial charge in [-0.2, -0.15) is 0 Å². The third-order valence-corrected chi connectivity index (χ3v) is 3.63. The highest BCUT2D eigenvalue weighted by Crippen LogP contribution is 2.16. The zero-order valence-electron chi connectivity index (χ0n) is 10.4. The van der Waals surface area contributed by atoms with Crippen molar-refractivity contribution in [2.75, 3.05) is 0 Å². The molecule has 1 nitrogen and oxygen atoms in total. The number of carbonyl (C=O) groups is 1. The summed E-state index contributed by atoms with van der Waals surface area (Å²) in [6.45, 7) is 2.07. The Hall–Kier alpha value is -1.67. The Kier molecular flexibility index (Phi) is 4.48. The number of hydrogen-bond donors (Lipinski definition) is 0. The largest absolute Gasteiger partial charge is 0.293 e. The molecular formula is C16H16OS.